The van der Waals surface area contributed by atoms with Crippen molar-refractivity contribution >= 4 is 17.3 Å². The van der Waals surface area contributed by atoms with Gasteiger partial charge < -0.3 is 16.0 Å². The van der Waals surface area contributed by atoms with E-state index in [-0.39, 0.29) is 11.7 Å². The molecular formula is C10H10N4O. The molecule has 5 heteroatoms. The number of rotatable bonds is 2. The molecule has 0 radical (unpaired) electrons. The van der Waals surface area contributed by atoms with Crippen LogP contribution in [0.5, 0.6) is 0 Å². The molecule has 0 atom stereocenters. The first-order chi connectivity index (χ1) is 7.27. The number of para-hydroxylation sites is 2. The van der Waals surface area contributed by atoms with E-state index in [4.69, 9.17) is 5.73 Å². The molecule has 1 heterocycles. The van der Waals surface area contributed by atoms with Crippen LogP contribution in [0.15, 0.2) is 36.7 Å². The summed E-state index contributed by atoms with van der Waals surface area (Å²) in [7, 11) is 0. The fourth-order valence-electron chi connectivity index (χ4n) is 1.18. The first kappa shape index (κ1) is 9.26. The van der Waals surface area contributed by atoms with Gasteiger partial charge in [-0.15, -0.1) is 0 Å². The molecule has 76 valence electrons. The van der Waals surface area contributed by atoms with Crippen LogP contribution in [0.2, 0.25) is 0 Å². The number of anilines is 2. The van der Waals surface area contributed by atoms with Crippen molar-refractivity contribution < 1.29 is 4.79 Å². The van der Waals surface area contributed by atoms with Crippen molar-refractivity contribution in [2.75, 3.05) is 11.1 Å². The summed E-state index contributed by atoms with van der Waals surface area (Å²) >= 11 is 0. The van der Waals surface area contributed by atoms with Gasteiger partial charge in [-0.1, -0.05) is 12.1 Å². The lowest BCUT2D eigenvalue weighted by Crippen LogP contribution is -2.14. The zero-order valence-electron chi connectivity index (χ0n) is 7.90. The Hall–Kier alpha value is -2.30. The number of imidazole rings is 1. The molecule has 1 aromatic carbocycles. The van der Waals surface area contributed by atoms with Crippen molar-refractivity contribution in [2.45, 2.75) is 0 Å². The molecule has 1 amide bonds. The fraction of sp³-hybridized carbons (Fsp3) is 0. The predicted molar refractivity (Wildman–Crippen MR) is 57.4 cm³/mol. The number of aromatic amines is 1. The summed E-state index contributed by atoms with van der Waals surface area (Å²) in [5, 5.41) is 2.65. The molecule has 4 N–H and O–H groups in total. The third-order valence-electron chi connectivity index (χ3n) is 1.92. The number of carbonyl (C=O) groups is 1. The summed E-state index contributed by atoms with van der Waals surface area (Å²) in [5.41, 5.74) is 6.78. The SMILES string of the molecule is Nc1ccccc1NC(=O)c1ncc[nH]1. The van der Waals surface area contributed by atoms with Gasteiger partial charge in [-0.05, 0) is 12.1 Å². The minimum atomic E-state index is -0.307. The molecular weight excluding hydrogens is 192 g/mol. The Morgan fingerprint density at radius 1 is 1.40 bits per heavy atom. The molecule has 0 aliphatic heterocycles. The maximum Gasteiger partial charge on any atom is 0.291 e. The summed E-state index contributed by atoms with van der Waals surface area (Å²) < 4.78 is 0. The molecule has 0 saturated carbocycles. The maximum atomic E-state index is 11.6. The highest BCUT2D eigenvalue weighted by atomic mass is 16.2. The van der Waals surface area contributed by atoms with Crippen LogP contribution in [0, 0.1) is 0 Å². The molecule has 0 aliphatic carbocycles. The normalized spacial score (nSPS) is 9.87. The highest BCUT2D eigenvalue weighted by molar-refractivity contribution is 6.03. The molecule has 0 unspecified atom stereocenters. The smallest absolute Gasteiger partial charge is 0.291 e. The van der Waals surface area contributed by atoms with Gasteiger partial charge in [-0.2, -0.15) is 0 Å². The standard InChI is InChI=1S/C10H10N4O/c11-7-3-1-2-4-8(7)14-10(15)9-12-5-6-13-9/h1-6H,11H2,(H,12,13)(H,14,15). The van der Waals surface area contributed by atoms with Crippen LogP contribution < -0.4 is 11.1 Å². The summed E-state index contributed by atoms with van der Waals surface area (Å²) in [4.78, 5) is 18.1. The molecule has 15 heavy (non-hydrogen) atoms. The third-order valence-corrected chi connectivity index (χ3v) is 1.92. The largest absolute Gasteiger partial charge is 0.397 e. The van der Waals surface area contributed by atoms with E-state index in [0.717, 1.165) is 0 Å². The second kappa shape index (κ2) is 3.83. The molecule has 2 aromatic rings. The van der Waals surface area contributed by atoms with Crippen LogP contribution in [0.3, 0.4) is 0 Å². The monoisotopic (exact) mass is 202 g/mol. The summed E-state index contributed by atoms with van der Waals surface area (Å²) in [5.74, 6) is -0.0452. The van der Waals surface area contributed by atoms with Crippen LogP contribution in [0.4, 0.5) is 11.4 Å². The van der Waals surface area contributed by atoms with Crippen LogP contribution in [-0.4, -0.2) is 15.9 Å². The van der Waals surface area contributed by atoms with Gasteiger partial charge in [-0.25, -0.2) is 4.98 Å². The van der Waals surface area contributed by atoms with Gasteiger partial charge in [0.1, 0.15) is 0 Å². The highest BCUT2D eigenvalue weighted by Gasteiger charge is 2.08. The van der Waals surface area contributed by atoms with Crippen LogP contribution in [-0.2, 0) is 0 Å². The highest BCUT2D eigenvalue weighted by Crippen LogP contribution is 2.16. The lowest BCUT2D eigenvalue weighted by atomic mass is 10.2. The number of benzene rings is 1. The van der Waals surface area contributed by atoms with Crippen molar-refractivity contribution in [3.05, 3.63) is 42.5 Å². The first-order valence-electron chi connectivity index (χ1n) is 4.42. The van der Waals surface area contributed by atoms with Gasteiger partial charge in [0.2, 0.25) is 0 Å². The van der Waals surface area contributed by atoms with Crippen molar-refractivity contribution in [1.82, 2.24) is 9.97 Å². The Morgan fingerprint density at radius 3 is 2.87 bits per heavy atom. The Kier molecular flexibility index (Phi) is 2.37. The zero-order chi connectivity index (χ0) is 10.7. The van der Waals surface area contributed by atoms with Gasteiger partial charge in [0, 0.05) is 12.4 Å². The molecule has 0 spiro atoms. The molecule has 0 bridgehead atoms. The second-order valence-corrected chi connectivity index (χ2v) is 2.98. The quantitative estimate of drug-likeness (QED) is 0.640. The van der Waals surface area contributed by atoms with Gasteiger partial charge >= 0.3 is 0 Å². The van der Waals surface area contributed by atoms with Crippen molar-refractivity contribution in [2.24, 2.45) is 0 Å². The fourth-order valence-corrected chi connectivity index (χ4v) is 1.18. The van der Waals surface area contributed by atoms with E-state index < -0.39 is 0 Å². The summed E-state index contributed by atoms with van der Waals surface area (Å²) in [6.45, 7) is 0. The third kappa shape index (κ3) is 1.96. The Balaban J connectivity index is 2.17. The number of hydrogen-bond acceptors (Lipinski definition) is 3. The van der Waals surface area contributed by atoms with E-state index in [1.54, 1.807) is 30.5 Å². The lowest BCUT2D eigenvalue weighted by Gasteiger charge is -2.05. The molecule has 5 nitrogen and oxygen atoms in total. The average molecular weight is 202 g/mol. The Bertz CT molecular complexity index is 464. The molecule has 2 rings (SSSR count). The lowest BCUT2D eigenvalue weighted by molar-refractivity contribution is 0.101. The Labute approximate surface area is 86.3 Å². The molecule has 0 aliphatic rings. The zero-order valence-corrected chi connectivity index (χ0v) is 7.90. The molecule has 1 aromatic heterocycles. The van der Waals surface area contributed by atoms with E-state index in [2.05, 4.69) is 15.3 Å². The number of aromatic nitrogens is 2. The van der Waals surface area contributed by atoms with Crippen LogP contribution >= 0.6 is 0 Å². The van der Waals surface area contributed by atoms with E-state index in [1.165, 1.54) is 6.20 Å². The summed E-state index contributed by atoms with van der Waals surface area (Å²) in [6.07, 6.45) is 3.10. The molecule has 0 saturated heterocycles. The van der Waals surface area contributed by atoms with Crippen LogP contribution in [0.1, 0.15) is 10.6 Å². The minimum Gasteiger partial charge on any atom is -0.397 e. The van der Waals surface area contributed by atoms with E-state index in [0.29, 0.717) is 11.4 Å². The molecule has 0 fully saturated rings. The number of nitrogen functional groups attached to an aromatic ring is 1. The van der Waals surface area contributed by atoms with Crippen molar-refractivity contribution in [3.63, 3.8) is 0 Å². The van der Waals surface area contributed by atoms with Crippen molar-refractivity contribution in [3.8, 4) is 0 Å². The average Bonchev–Trinajstić information content (AvgIpc) is 2.74. The number of carbonyl (C=O) groups excluding carboxylic acids is 1. The maximum absolute atomic E-state index is 11.6. The number of amides is 1. The van der Waals surface area contributed by atoms with Gasteiger partial charge in [0.25, 0.3) is 5.91 Å². The van der Waals surface area contributed by atoms with Gasteiger partial charge in [-0.3, -0.25) is 4.79 Å². The Morgan fingerprint density at radius 2 is 2.20 bits per heavy atom. The number of hydrogen-bond donors (Lipinski definition) is 3. The topological polar surface area (TPSA) is 83.8 Å². The second-order valence-electron chi connectivity index (χ2n) is 2.98. The first-order valence-corrected chi connectivity index (χ1v) is 4.42. The van der Waals surface area contributed by atoms with Gasteiger partial charge in [0.05, 0.1) is 11.4 Å². The number of H-pyrrole nitrogens is 1. The number of nitrogens with two attached hydrogens (primary N) is 1. The predicted octanol–water partition coefficient (Wildman–Crippen LogP) is 1.24. The van der Waals surface area contributed by atoms with Crippen molar-refractivity contribution in [1.29, 1.82) is 0 Å². The van der Waals surface area contributed by atoms with E-state index in [1.807, 2.05) is 0 Å². The number of nitrogens with zero attached hydrogens (tertiary/aromatic N) is 1. The summed E-state index contributed by atoms with van der Waals surface area (Å²) in [6, 6.07) is 7.06. The van der Waals surface area contributed by atoms with E-state index >= 15 is 0 Å². The van der Waals surface area contributed by atoms with Gasteiger partial charge in [0.15, 0.2) is 5.82 Å². The van der Waals surface area contributed by atoms with E-state index in [9.17, 15) is 4.79 Å². The number of nitrogens with one attached hydrogen (secondary N) is 2. The van der Waals surface area contributed by atoms with Crippen LogP contribution in [0.25, 0.3) is 0 Å². The minimum absolute atomic E-state index is 0.262.